The van der Waals surface area contributed by atoms with Crippen LogP contribution in [0.25, 0.3) is 6.08 Å². The van der Waals surface area contributed by atoms with E-state index in [4.69, 9.17) is 4.74 Å². The van der Waals surface area contributed by atoms with Gasteiger partial charge in [-0.1, -0.05) is 104 Å². The second-order valence-corrected chi connectivity index (χ2v) is 7.52. The first-order chi connectivity index (χ1) is 15.2. The van der Waals surface area contributed by atoms with Crippen LogP contribution in [0.2, 0.25) is 0 Å². The molecule has 1 amide bonds. The minimum absolute atomic E-state index is 0.130. The number of methoxy groups -OCH3 is 1. The summed E-state index contributed by atoms with van der Waals surface area (Å²) in [6, 6.07) is 28.3. The molecule has 0 spiro atoms. The molecule has 3 aromatic rings. The van der Waals surface area contributed by atoms with Crippen molar-refractivity contribution in [1.82, 2.24) is 4.90 Å². The molecule has 0 heterocycles. The van der Waals surface area contributed by atoms with Gasteiger partial charge in [-0.3, -0.25) is 4.79 Å². The summed E-state index contributed by atoms with van der Waals surface area (Å²) in [6.07, 6.45) is 6.53. The van der Waals surface area contributed by atoms with Crippen LogP contribution < -0.4 is 4.74 Å². The smallest absolute Gasteiger partial charge is 0.223 e. The fourth-order valence-corrected chi connectivity index (χ4v) is 3.74. The SMILES string of the molecule is CCCCC(=O)N(C/C=C/c1ccccc1OC)C(c1ccccc1)c1ccccc1. The van der Waals surface area contributed by atoms with Crippen molar-refractivity contribution in [1.29, 1.82) is 0 Å². The molecule has 3 heteroatoms. The monoisotopic (exact) mass is 413 g/mol. The summed E-state index contributed by atoms with van der Waals surface area (Å²) in [6.45, 7) is 2.64. The normalized spacial score (nSPS) is 11.1. The van der Waals surface area contributed by atoms with Crippen LogP contribution in [0.5, 0.6) is 5.75 Å². The number of ether oxygens (including phenoxy) is 1. The van der Waals surface area contributed by atoms with Crippen molar-refractivity contribution in [3.63, 3.8) is 0 Å². The molecule has 0 saturated carbocycles. The van der Waals surface area contributed by atoms with E-state index in [1.165, 1.54) is 0 Å². The molecule has 0 aliphatic carbocycles. The highest BCUT2D eigenvalue weighted by atomic mass is 16.5. The van der Waals surface area contributed by atoms with Crippen LogP contribution in [0.3, 0.4) is 0 Å². The topological polar surface area (TPSA) is 29.5 Å². The second-order valence-electron chi connectivity index (χ2n) is 7.52. The largest absolute Gasteiger partial charge is 0.496 e. The van der Waals surface area contributed by atoms with E-state index < -0.39 is 0 Å². The molecule has 0 unspecified atom stereocenters. The first kappa shape index (κ1) is 22.4. The number of amides is 1. The Kier molecular flexibility index (Phi) is 8.48. The minimum Gasteiger partial charge on any atom is -0.496 e. The van der Waals surface area contributed by atoms with Crippen LogP contribution in [-0.2, 0) is 4.79 Å². The van der Waals surface area contributed by atoms with Gasteiger partial charge < -0.3 is 9.64 Å². The van der Waals surface area contributed by atoms with Gasteiger partial charge in [-0.25, -0.2) is 0 Å². The van der Waals surface area contributed by atoms with E-state index in [-0.39, 0.29) is 11.9 Å². The summed E-state index contributed by atoms with van der Waals surface area (Å²) in [5, 5.41) is 0. The second kappa shape index (κ2) is 11.8. The van der Waals surface area contributed by atoms with Crippen molar-refractivity contribution in [3.05, 3.63) is 108 Å². The number of benzene rings is 3. The van der Waals surface area contributed by atoms with E-state index >= 15 is 0 Å². The summed E-state index contributed by atoms with van der Waals surface area (Å²) >= 11 is 0. The van der Waals surface area contributed by atoms with Gasteiger partial charge in [0.1, 0.15) is 5.75 Å². The standard InChI is InChI=1S/C28H31NO2/c1-3-4-21-27(30)29(22-13-19-23-14-11-12-20-26(23)31-2)28(24-15-7-5-8-16-24)25-17-9-6-10-18-25/h5-20,28H,3-4,21-22H2,1-2H3/b19-13+. The van der Waals surface area contributed by atoms with Gasteiger partial charge in [0, 0.05) is 18.5 Å². The summed E-state index contributed by atoms with van der Waals surface area (Å²) in [5.41, 5.74) is 3.23. The zero-order valence-corrected chi connectivity index (χ0v) is 18.4. The molecule has 0 atom stereocenters. The molecule has 3 nitrogen and oxygen atoms in total. The van der Waals surface area contributed by atoms with E-state index in [0.717, 1.165) is 35.3 Å². The number of carbonyl (C=O) groups excluding carboxylic acids is 1. The molecule has 3 rings (SSSR count). The Hall–Kier alpha value is -3.33. The lowest BCUT2D eigenvalue weighted by molar-refractivity contribution is -0.132. The predicted molar refractivity (Wildman–Crippen MR) is 128 cm³/mol. The molecule has 0 aliphatic rings. The van der Waals surface area contributed by atoms with Gasteiger partial charge >= 0.3 is 0 Å². The van der Waals surface area contributed by atoms with E-state index in [9.17, 15) is 4.79 Å². The first-order valence-electron chi connectivity index (χ1n) is 10.9. The van der Waals surface area contributed by atoms with Gasteiger partial charge in [0.15, 0.2) is 0 Å². The van der Waals surface area contributed by atoms with Crippen molar-refractivity contribution in [2.45, 2.75) is 32.2 Å². The third kappa shape index (κ3) is 6.08. The number of nitrogens with zero attached hydrogens (tertiary/aromatic N) is 1. The highest BCUT2D eigenvalue weighted by Gasteiger charge is 2.25. The molecule has 0 aromatic heterocycles. The molecule has 3 aromatic carbocycles. The zero-order chi connectivity index (χ0) is 21.9. The number of unbranched alkanes of at least 4 members (excludes halogenated alkanes) is 1. The Labute approximate surface area is 186 Å². The van der Waals surface area contributed by atoms with Crippen LogP contribution in [0.4, 0.5) is 0 Å². The number of hydrogen-bond acceptors (Lipinski definition) is 2. The highest BCUT2D eigenvalue weighted by Crippen LogP contribution is 2.30. The van der Waals surface area contributed by atoms with Gasteiger partial charge in [0.2, 0.25) is 5.91 Å². The molecule has 0 saturated heterocycles. The zero-order valence-electron chi connectivity index (χ0n) is 18.4. The Balaban J connectivity index is 1.95. The van der Waals surface area contributed by atoms with E-state index in [1.807, 2.05) is 71.6 Å². The Morgan fingerprint density at radius 2 is 1.48 bits per heavy atom. The quantitative estimate of drug-likeness (QED) is 0.379. The Bertz CT molecular complexity index is 927. The Morgan fingerprint density at radius 3 is 2.06 bits per heavy atom. The summed E-state index contributed by atoms with van der Waals surface area (Å²) < 4.78 is 5.46. The maximum atomic E-state index is 13.3. The van der Waals surface area contributed by atoms with Crippen LogP contribution >= 0.6 is 0 Å². The molecule has 0 radical (unpaired) electrons. The minimum atomic E-state index is -0.130. The summed E-state index contributed by atoms with van der Waals surface area (Å²) in [5.74, 6) is 0.995. The molecule has 0 aliphatic heterocycles. The van der Waals surface area contributed by atoms with Crippen LogP contribution in [0.15, 0.2) is 91.0 Å². The molecule has 160 valence electrons. The molecule has 0 N–H and O–H groups in total. The first-order valence-corrected chi connectivity index (χ1v) is 10.9. The van der Waals surface area contributed by atoms with Gasteiger partial charge in [0.05, 0.1) is 13.2 Å². The summed E-state index contributed by atoms with van der Waals surface area (Å²) in [7, 11) is 1.67. The Morgan fingerprint density at radius 1 is 0.903 bits per heavy atom. The average Bonchev–Trinajstić information content (AvgIpc) is 2.83. The lowest BCUT2D eigenvalue weighted by atomic mass is 9.96. The van der Waals surface area contributed by atoms with Gasteiger partial charge in [-0.15, -0.1) is 0 Å². The molecular weight excluding hydrogens is 382 g/mol. The fraction of sp³-hybridized carbons (Fsp3) is 0.250. The van der Waals surface area contributed by atoms with Crippen molar-refractivity contribution < 1.29 is 9.53 Å². The third-order valence-corrected chi connectivity index (χ3v) is 5.35. The highest BCUT2D eigenvalue weighted by molar-refractivity contribution is 5.77. The van der Waals surface area contributed by atoms with Crippen LogP contribution in [0, 0.1) is 0 Å². The van der Waals surface area contributed by atoms with Gasteiger partial charge in [-0.2, -0.15) is 0 Å². The molecule has 31 heavy (non-hydrogen) atoms. The number of carbonyl (C=O) groups is 1. The lowest BCUT2D eigenvalue weighted by Gasteiger charge is -2.32. The summed E-state index contributed by atoms with van der Waals surface area (Å²) in [4.78, 5) is 15.3. The molecule has 0 fully saturated rings. The predicted octanol–water partition coefficient (Wildman–Crippen LogP) is 6.52. The third-order valence-electron chi connectivity index (χ3n) is 5.35. The van der Waals surface area contributed by atoms with E-state index in [2.05, 4.69) is 37.3 Å². The van der Waals surface area contributed by atoms with Crippen LogP contribution in [0.1, 0.15) is 48.9 Å². The number of para-hydroxylation sites is 1. The number of hydrogen-bond donors (Lipinski definition) is 0. The average molecular weight is 414 g/mol. The van der Waals surface area contributed by atoms with Crippen molar-refractivity contribution in [2.24, 2.45) is 0 Å². The number of rotatable bonds is 10. The molecule has 0 bridgehead atoms. The van der Waals surface area contributed by atoms with Crippen molar-refractivity contribution in [2.75, 3.05) is 13.7 Å². The van der Waals surface area contributed by atoms with Crippen molar-refractivity contribution in [3.8, 4) is 5.75 Å². The maximum Gasteiger partial charge on any atom is 0.223 e. The van der Waals surface area contributed by atoms with E-state index in [0.29, 0.717) is 13.0 Å². The van der Waals surface area contributed by atoms with Crippen LogP contribution in [-0.4, -0.2) is 24.5 Å². The van der Waals surface area contributed by atoms with Gasteiger partial charge in [0.25, 0.3) is 0 Å². The van der Waals surface area contributed by atoms with E-state index in [1.54, 1.807) is 7.11 Å². The molecular formula is C28H31NO2. The van der Waals surface area contributed by atoms with Gasteiger partial charge in [-0.05, 0) is 23.6 Å². The fourth-order valence-electron chi connectivity index (χ4n) is 3.74. The lowest BCUT2D eigenvalue weighted by Crippen LogP contribution is -2.35. The van der Waals surface area contributed by atoms with Crippen molar-refractivity contribution >= 4 is 12.0 Å². The maximum absolute atomic E-state index is 13.3.